The normalized spacial score (nSPS) is 8.00. The first kappa shape index (κ1) is 7.88. The Bertz CT molecular complexity index is 198. The zero-order valence-electron chi connectivity index (χ0n) is 5.92. The standard InChI is InChI=1S/C4H4N2.C4H4S/c1-2-6-4-3-5-1;1-2-4-5-3-1/h1-4H;1-4H. The molecule has 0 atom stereocenters. The fourth-order valence-corrected chi connectivity index (χ4v) is 0.934. The molecule has 11 heavy (non-hydrogen) atoms. The third-order valence-electron chi connectivity index (χ3n) is 0.903. The van der Waals surface area contributed by atoms with Gasteiger partial charge in [0, 0.05) is 24.8 Å². The van der Waals surface area contributed by atoms with Gasteiger partial charge >= 0.3 is 0 Å². The van der Waals surface area contributed by atoms with E-state index >= 15 is 0 Å². The molecule has 0 saturated heterocycles. The molecule has 0 aliphatic heterocycles. The van der Waals surface area contributed by atoms with Gasteiger partial charge < -0.3 is 0 Å². The molecule has 56 valence electrons. The maximum absolute atomic E-state index is 3.72. The van der Waals surface area contributed by atoms with Gasteiger partial charge in [-0.15, -0.1) is 0 Å². The van der Waals surface area contributed by atoms with Crippen LogP contribution in [0.3, 0.4) is 0 Å². The summed E-state index contributed by atoms with van der Waals surface area (Å²) in [6.45, 7) is 0. The van der Waals surface area contributed by atoms with E-state index in [0.29, 0.717) is 0 Å². The molecule has 0 bridgehead atoms. The lowest BCUT2D eigenvalue weighted by atomic mass is 10.7. The first-order valence-electron chi connectivity index (χ1n) is 3.17. The van der Waals surface area contributed by atoms with Crippen LogP contribution in [0.15, 0.2) is 47.7 Å². The molecule has 0 spiro atoms. The van der Waals surface area contributed by atoms with Gasteiger partial charge in [-0.3, -0.25) is 9.97 Å². The number of hydrogen-bond acceptors (Lipinski definition) is 3. The summed E-state index contributed by atoms with van der Waals surface area (Å²) in [5.41, 5.74) is 0. The molecular weight excluding hydrogens is 156 g/mol. The number of aromatic nitrogens is 2. The summed E-state index contributed by atoms with van der Waals surface area (Å²) in [6.07, 6.45) is 6.56. The van der Waals surface area contributed by atoms with Gasteiger partial charge in [0.15, 0.2) is 0 Å². The fraction of sp³-hybridized carbons (Fsp3) is 0. The van der Waals surface area contributed by atoms with E-state index in [-0.39, 0.29) is 0 Å². The second-order valence-corrected chi connectivity index (χ2v) is 2.50. The molecule has 0 aliphatic rings. The highest BCUT2D eigenvalue weighted by molar-refractivity contribution is 7.07. The third-order valence-corrected chi connectivity index (χ3v) is 1.53. The molecule has 0 aliphatic carbocycles. The molecular formula is C8H8N2S. The largest absolute Gasteiger partial charge is 0.262 e. The van der Waals surface area contributed by atoms with E-state index in [2.05, 4.69) is 9.97 Å². The quantitative estimate of drug-likeness (QED) is 0.596. The third kappa shape index (κ3) is 4.22. The number of nitrogens with zero attached hydrogens (tertiary/aromatic N) is 2. The molecule has 3 heteroatoms. The van der Waals surface area contributed by atoms with Crippen molar-refractivity contribution in [2.45, 2.75) is 0 Å². The Morgan fingerprint density at radius 1 is 0.727 bits per heavy atom. The van der Waals surface area contributed by atoms with Crippen molar-refractivity contribution in [3.05, 3.63) is 47.7 Å². The lowest BCUT2D eigenvalue weighted by Gasteiger charge is -1.70. The van der Waals surface area contributed by atoms with Gasteiger partial charge in [-0.05, 0) is 10.8 Å². The minimum absolute atomic E-state index is 1.64. The molecule has 2 aromatic heterocycles. The Balaban J connectivity index is 0.000000112. The predicted molar refractivity (Wildman–Crippen MR) is 46.4 cm³/mol. The molecule has 0 radical (unpaired) electrons. The van der Waals surface area contributed by atoms with Gasteiger partial charge in [0.25, 0.3) is 0 Å². The molecule has 2 rings (SSSR count). The summed E-state index contributed by atoms with van der Waals surface area (Å²) in [5, 5.41) is 4.08. The summed E-state index contributed by atoms with van der Waals surface area (Å²) >= 11 is 1.71. The summed E-state index contributed by atoms with van der Waals surface area (Å²) in [6, 6.07) is 4.04. The smallest absolute Gasteiger partial charge is 0.0451 e. The molecule has 2 aromatic rings. The summed E-state index contributed by atoms with van der Waals surface area (Å²) in [5.74, 6) is 0. The van der Waals surface area contributed by atoms with Crippen molar-refractivity contribution >= 4 is 11.3 Å². The summed E-state index contributed by atoms with van der Waals surface area (Å²) in [4.78, 5) is 7.44. The van der Waals surface area contributed by atoms with Crippen molar-refractivity contribution in [2.75, 3.05) is 0 Å². The van der Waals surface area contributed by atoms with Crippen LogP contribution in [0.4, 0.5) is 0 Å². The van der Waals surface area contributed by atoms with Crippen molar-refractivity contribution in [1.29, 1.82) is 0 Å². The SMILES string of the molecule is c1ccsc1.c1cnccn1. The van der Waals surface area contributed by atoms with Gasteiger partial charge in [-0.2, -0.15) is 11.3 Å². The Hall–Kier alpha value is -1.22. The average Bonchev–Trinajstić information content (AvgIpc) is 2.64. The average molecular weight is 164 g/mol. The Labute approximate surface area is 69.6 Å². The van der Waals surface area contributed by atoms with Crippen LogP contribution in [-0.4, -0.2) is 9.97 Å². The zero-order chi connectivity index (χ0) is 7.78. The fourth-order valence-electron chi connectivity index (χ4n) is 0.480. The van der Waals surface area contributed by atoms with Gasteiger partial charge in [0.05, 0.1) is 0 Å². The number of thiophene rings is 1. The maximum atomic E-state index is 3.72. The second kappa shape index (κ2) is 5.56. The van der Waals surface area contributed by atoms with Crippen molar-refractivity contribution in [3.63, 3.8) is 0 Å². The van der Waals surface area contributed by atoms with E-state index in [4.69, 9.17) is 0 Å². The van der Waals surface area contributed by atoms with Crippen molar-refractivity contribution < 1.29 is 0 Å². The first-order chi connectivity index (χ1) is 5.50. The van der Waals surface area contributed by atoms with Crippen LogP contribution in [0, 0.1) is 0 Å². The zero-order valence-corrected chi connectivity index (χ0v) is 6.74. The van der Waals surface area contributed by atoms with Crippen LogP contribution in [0.5, 0.6) is 0 Å². The highest BCUT2D eigenvalue weighted by atomic mass is 32.1. The highest BCUT2D eigenvalue weighted by Gasteiger charge is 1.59. The van der Waals surface area contributed by atoms with Crippen molar-refractivity contribution in [1.82, 2.24) is 9.97 Å². The van der Waals surface area contributed by atoms with E-state index in [1.807, 2.05) is 22.9 Å². The maximum Gasteiger partial charge on any atom is 0.0451 e. The van der Waals surface area contributed by atoms with Gasteiger partial charge in [0.2, 0.25) is 0 Å². The molecule has 0 N–H and O–H groups in total. The topological polar surface area (TPSA) is 25.8 Å². The molecule has 0 saturated carbocycles. The summed E-state index contributed by atoms with van der Waals surface area (Å²) < 4.78 is 0. The number of hydrogen-bond donors (Lipinski definition) is 0. The van der Waals surface area contributed by atoms with Gasteiger partial charge in [-0.25, -0.2) is 0 Å². The highest BCUT2D eigenvalue weighted by Crippen LogP contribution is 1.91. The minimum Gasteiger partial charge on any atom is -0.262 e. The van der Waals surface area contributed by atoms with E-state index in [9.17, 15) is 0 Å². The Kier molecular flexibility index (Phi) is 3.98. The molecule has 2 heterocycles. The van der Waals surface area contributed by atoms with Crippen molar-refractivity contribution in [2.24, 2.45) is 0 Å². The van der Waals surface area contributed by atoms with Crippen LogP contribution in [0.2, 0.25) is 0 Å². The van der Waals surface area contributed by atoms with Gasteiger partial charge in [0.1, 0.15) is 0 Å². The van der Waals surface area contributed by atoms with Crippen LogP contribution in [0.25, 0.3) is 0 Å². The lowest BCUT2D eigenvalue weighted by Crippen LogP contribution is -1.66. The summed E-state index contributed by atoms with van der Waals surface area (Å²) in [7, 11) is 0. The number of rotatable bonds is 0. The predicted octanol–water partition coefficient (Wildman–Crippen LogP) is 2.22. The van der Waals surface area contributed by atoms with Crippen LogP contribution in [0.1, 0.15) is 0 Å². The van der Waals surface area contributed by atoms with Gasteiger partial charge in [-0.1, -0.05) is 12.1 Å². The molecule has 0 unspecified atom stereocenters. The van der Waals surface area contributed by atoms with E-state index in [0.717, 1.165) is 0 Å². The van der Waals surface area contributed by atoms with E-state index in [1.165, 1.54) is 0 Å². The monoisotopic (exact) mass is 164 g/mol. The van der Waals surface area contributed by atoms with Crippen molar-refractivity contribution in [3.8, 4) is 0 Å². The first-order valence-corrected chi connectivity index (χ1v) is 4.11. The molecule has 0 amide bonds. The van der Waals surface area contributed by atoms with E-state index in [1.54, 1.807) is 36.1 Å². The minimum atomic E-state index is 1.64. The van der Waals surface area contributed by atoms with Crippen LogP contribution < -0.4 is 0 Å². The second-order valence-electron chi connectivity index (χ2n) is 1.69. The van der Waals surface area contributed by atoms with Crippen LogP contribution in [-0.2, 0) is 0 Å². The van der Waals surface area contributed by atoms with E-state index < -0.39 is 0 Å². The lowest BCUT2D eigenvalue weighted by molar-refractivity contribution is 1.20. The Morgan fingerprint density at radius 2 is 1.18 bits per heavy atom. The molecule has 2 nitrogen and oxygen atoms in total. The molecule has 0 aromatic carbocycles. The Morgan fingerprint density at radius 3 is 1.36 bits per heavy atom. The van der Waals surface area contributed by atoms with Crippen LogP contribution >= 0.6 is 11.3 Å². The molecule has 0 fully saturated rings.